The Hall–Kier alpha value is -1.92. The van der Waals surface area contributed by atoms with E-state index in [9.17, 15) is 9.90 Å². The molecule has 1 heterocycles. The standard InChI is InChI=1S/C19H29N3O3/c1-5-13-6-7-15(16-8-9-18(24)22-21-16)17(10-13)25-12-14(23)11-20-19(2,3)4/h6-7,10,14,20,23H,5,8-9,11-12H2,1-4H3,(H,22,24). The minimum Gasteiger partial charge on any atom is -0.490 e. The summed E-state index contributed by atoms with van der Waals surface area (Å²) < 4.78 is 5.90. The highest BCUT2D eigenvalue weighted by Gasteiger charge is 2.18. The van der Waals surface area contributed by atoms with E-state index in [-0.39, 0.29) is 18.1 Å². The van der Waals surface area contributed by atoms with Crippen LogP contribution in [-0.2, 0) is 11.2 Å². The van der Waals surface area contributed by atoms with Gasteiger partial charge in [-0.25, -0.2) is 5.43 Å². The van der Waals surface area contributed by atoms with Crippen LogP contribution in [-0.4, -0.2) is 41.5 Å². The molecule has 0 radical (unpaired) electrons. The molecule has 1 aromatic carbocycles. The van der Waals surface area contributed by atoms with Gasteiger partial charge in [0.25, 0.3) is 0 Å². The third-order valence-electron chi connectivity index (χ3n) is 3.97. The summed E-state index contributed by atoms with van der Waals surface area (Å²) in [6.45, 7) is 8.90. The number of amides is 1. The molecule has 1 unspecified atom stereocenters. The number of benzene rings is 1. The summed E-state index contributed by atoms with van der Waals surface area (Å²) in [5.41, 5.74) is 5.30. The first-order chi connectivity index (χ1) is 11.8. The molecule has 25 heavy (non-hydrogen) atoms. The first-order valence-corrected chi connectivity index (χ1v) is 8.83. The summed E-state index contributed by atoms with van der Waals surface area (Å²) in [5.74, 6) is 0.629. The molecule has 0 saturated heterocycles. The van der Waals surface area contributed by atoms with Gasteiger partial charge in [0, 0.05) is 30.5 Å². The van der Waals surface area contributed by atoms with Crippen LogP contribution in [0.1, 0.15) is 51.7 Å². The van der Waals surface area contributed by atoms with Crippen LogP contribution < -0.4 is 15.5 Å². The molecule has 0 bridgehead atoms. The van der Waals surface area contributed by atoms with Gasteiger partial charge < -0.3 is 15.2 Å². The van der Waals surface area contributed by atoms with Gasteiger partial charge in [0.2, 0.25) is 5.91 Å². The predicted octanol–water partition coefficient (Wildman–Crippen LogP) is 1.99. The maximum Gasteiger partial charge on any atom is 0.240 e. The number of hydrazone groups is 1. The summed E-state index contributed by atoms with van der Waals surface area (Å²) in [5, 5.41) is 17.6. The fourth-order valence-corrected chi connectivity index (χ4v) is 2.48. The number of aliphatic hydroxyl groups excluding tert-OH is 1. The number of nitrogens with zero attached hydrogens (tertiary/aromatic N) is 1. The molecule has 138 valence electrons. The first kappa shape index (κ1) is 19.4. The average Bonchev–Trinajstić information content (AvgIpc) is 2.58. The van der Waals surface area contributed by atoms with Crippen molar-refractivity contribution in [1.29, 1.82) is 0 Å². The van der Waals surface area contributed by atoms with Crippen LogP contribution in [0.3, 0.4) is 0 Å². The third kappa shape index (κ3) is 6.14. The lowest BCUT2D eigenvalue weighted by atomic mass is 10.0. The van der Waals surface area contributed by atoms with E-state index in [0.29, 0.717) is 25.1 Å². The van der Waals surface area contributed by atoms with Crippen molar-refractivity contribution in [3.8, 4) is 5.75 Å². The summed E-state index contributed by atoms with van der Waals surface area (Å²) in [6, 6.07) is 6.00. The smallest absolute Gasteiger partial charge is 0.240 e. The molecule has 6 heteroatoms. The van der Waals surface area contributed by atoms with Crippen LogP contribution >= 0.6 is 0 Å². The first-order valence-electron chi connectivity index (χ1n) is 8.83. The van der Waals surface area contributed by atoms with E-state index < -0.39 is 6.10 Å². The molecular weight excluding hydrogens is 318 g/mol. The molecule has 1 aliphatic heterocycles. The quantitative estimate of drug-likeness (QED) is 0.704. The average molecular weight is 347 g/mol. The van der Waals surface area contributed by atoms with Crippen molar-refractivity contribution in [2.45, 2.75) is 58.6 Å². The molecule has 0 saturated carbocycles. The lowest BCUT2D eigenvalue weighted by Gasteiger charge is -2.23. The van der Waals surface area contributed by atoms with Crippen molar-refractivity contribution >= 4 is 11.6 Å². The van der Waals surface area contributed by atoms with Gasteiger partial charge in [-0.15, -0.1) is 0 Å². The van der Waals surface area contributed by atoms with E-state index in [0.717, 1.165) is 23.3 Å². The Morgan fingerprint density at radius 2 is 2.12 bits per heavy atom. The van der Waals surface area contributed by atoms with Crippen LogP contribution in [0.5, 0.6) is 5.75 Å². The normalized spacial score (nSPS) is 16.2. The van der Waals surface area contributed by atoms with Gasteiger partial charge in [-0.05, 0) is 44.9 Å². The van der Waals surface area contributed by atoms with Gasteiger partial charge in [-0.1, -0.05) is 13.0 Å². The molecule has 1 aromatic rings. The van der Waals surface area contributed by atoms with Crippen molar-refractivity contribution in [3.63, 3.8) is 0 Å². The Kier molecular flexibility index (Phi) is 6.56. The molecule has 1 aliphatic rings. The molecule has 6 nitrogen and oxygen atoms in total. The largest absolute Gasteiger partial charge is 0.490 e. The highest BCUT2D eigenvalue weighted by molar-refractivity contribution is 6.06. The minimum atomic E-state index is -0.606. The fourth-order valence-electron chi connectivity index (χ4n) is 2.48. The van der Waals surface area contributed by atoms with Crippen molar-refractivity contribution in [2.75, 3.05) is 13.2 Å². The lowest BCUT2D eigenvalue weighted by Crippen LogP contribution is -2.42. The number of hydrogen-bond acceptors (Lipinski definition) is 5. The van der Waals surface area contributed by atoms with Crippen molar-refractivity contribution in [3.05, 3.63) is 29.3 Å². The Labute approximate surface area is 149 Å². The summed E-state index contributed by atoms with van der Waals surface area (Å²) >= 11 is 0. The number of ether oxygens (including phenoxy) is 1. The van der Waals surface area contributed by atoms with Gasteiger partial charge in [-0.3, -0.25) is 4.79 Å². The Balaban J connectivity index is 2.08. The molecule has 2 rings (SSSR count). The lowest BCUT2D eigenvalue weighted by molar-refractivity contribution is -0.121. The maximum atomic E-state index is 11.3. The maximum absolute atomic E-state index is 11.3. The van der Waals surface area contributed by atoms with E-state index in [1.807, 2.05) is 18.2 Å². The van der Waals surface area contributed by atoms with E-state index in [1.165, 1.54) is 0 Å². The second kappa shape index (κ2) is 8.45. The zero-order valence-corrected chi connectivity index (χ0v) is 15.6. The van der Waals surface area contributed by atoms with Crippen LogP contribution in [0.2, 0.25) is 0 Å². The van der Waals surface area contributed by atoms with Crippen LogP contribution in [0.25, 0.3) is 0 Å². The molecule has 3 N–H and O–H groups in total. The van der Waals surface area contributed by atoms with Gasteiger partial charge in [0.15, 0.2) is 0 Å². The second-order valence-electron chi connectivity index (χ2n) is 7.37. The number of nitrogens with one attached hydrogen (secondary N) is 2. The Bertz CT molecular complexity index is 635. The molecule has 1 atom stereocenters. The minimum absolute atomic E-state index is 0.0523. The summed E-state index contributed by atoms with van der Waals surface area (Å²) in [4.78, 5) is 11.3. The third-order valence-corrected chi connectivity index (χ3v) is 3.97. The summed E-state index contributed by atoms with van der Waals surface area (Å²) in [7, 11) is 0. The summed E-state index contributed by atoms with van der Waals surface area (Å²) in [6.07, 6.45) is 1.30. The van der Waals surface area contributed by atoms with E-state index in [2.05, 4.69) is 43.5 Å². The van der Waals surface area contributed by atoms with Crippen LogP contribution in [0.4, 0.5) is 0 Å². The van der Waals surface area contributed by atoms with E-state index in [1.54, 1.807) is 0 Å². The van der Waals surface area contributed by atoms with Crippen molar-refractivity contribution in [2.24, 2.45) is 5.10 Å². The molecule has 0 fully saturated rings. The van der Waals surface area contributed by atoms with E-state index in [4.69, 9.17) is 4.74 Å². The SMILES string of the molecule is CCc1ccc(C2=NNC(=O)CC2)c(OCC(O)CNC(C)(C)C)c1. The number of rotatable bonds is 7. The predicted molar refractivity (Wildman–Crippen MR) is 99.0 cm³/mol. The molecular formula is C19H29N3O3. The molecule has 1 amide bonds. The zero-order chi connectivity index (χ0) is 18.4. The highest BCUT2D eigenvalue weighted by atomic mass is 16.5. The number of carbonyl (C=O) groups is 1. The number of aryl methyl sites for hydroxylation is 1. The monoisotopic (exact) mass is 347 g/mol. The fraction of sp³-hybridized carbons (Fsp3) is 0.579. The second-order valence-corrected chi connectivity index (χ2v) is 7.37. The number of hydrogen-bond donors (Lipinski definition) is 3. The number of carbonyl (C=O) groups excluding carboxylic acids is 1. The molecule has 0 aromatic heterocycles. The van der Waals surface area contributed by atoms with E-state index >= 15 is 0 Å². The van der Waals surface area contributed by atoms with Crippen molar-refractivity contribution < 1.29 is 14.6 Å². The van der Waals surface area contributed by atoms with Crippen LogP contribution in [0.15, 0.2) is 23.3 Å². The Morgan fingerprint density at radius 3 is 2.72 bits per heavy atom. The molecule has 0 aliphatic carbocycles. The van der Waals surface area contributed by atoms with Gasteiger partial charge in [-0.2, -0.15) is 5.10 Å². The Morgan fingerprint density at radius 1 is 1.36 bits per heavy atom. The van der Waals surface area contributed by atoms with Gasteiger partial charge in [0.05, 0.1) is 5.71 Å². The number of β-amino-alcohol motifs (C(OH)–C–C–N with tert-alkyl or cyclic N) is 1. The highest BCUT2D eigenvalue weighted by Crippen LogP contribution is 2.24. The van der Waals surface area contributed by atoms with Crippen molar-refractivity contribution in [1.82, 2.24) is 10.7 Å². The van der Waals surface area contributed by atoms with Crippen LogP contribution in [0, 0.1) is 0 Å². The molecule has 0 spiro atoms. The van der Waals surface area contributed by atoms with Gasteiger partial charge in [0.1, 0.15) is 18.5 Å². The number of aliphatic hydroxyl groups is 1. The zero-order valence-electron chi connectivity index (χ0n) is 15.6. The topological polar surface area (TPSA) is 83.0 Å². The van der Waals surface area contributed by atoms with Gasteiger partial charge >= 0.3 is 0 Å².